The van der Waals surface area contributed by atoms with E-state index in [9.17, 15) is 4.79 Å². The number of amides is 1. The van der Waals surface area contributed by atoms with Crippen LogP contribution in [-0.2, 0) is 4.79 Å². The number of anilines is 2. The van der Waals surface area contributed by atoms with Crippen molar-refractivity contribution in [2.45, 2.75) is 0 Å². The SMILES string of the molecule is COc1ccc2sc(N3CC(C(=O)Nc4cccc(C#N)c4)C3)nc2c1. The van der Waals surface area contributed by atoms with E-state index in [0.717, 1.165) is 21.1 Å². The number of carbonyl (C=O) groups excluding carboxylic acids is 1. The van der Waals surface area contributed by atoms with Gasteiger partial charge in [-0.15, -0.1) is 0 Å². The molecule has 4 rings (SSSR count). The Labute approximate surface area is 154 Å². The van der Waals surface area contributed by atoms with Crippen LogP contribution in [0.15, 0.2) is 42.5 Å². The summed E-state index contributed by atoms with van der Waals surface area (Å²) in [5.41, 5.74) is 2.09. The van der Waals surface area contributed by atoms with Gasteiger partial charge in [0.2, 0.25) is 5.91 Å². The molecule has 0 radical (unpaired) electrons. The van der Waals surface area contributed by atoms with Crippen LogP contribution in [0.5, 0.6) is 5.75 Å². The second kappa shape index (κ2) is 6.65. The summed E-state index contributed by atoms with van der Waals surface area (Å²) in [4.78, 5) is 19.1. The molecule has 2 aromatic carbocycles. The van der Waals surface area contributed by atoms with E-state index in [1.54, 1.807) is 42.7 Å². The van der Waals surface area contributed by atoms with Crippen LogP contribution < -0.4 is 15.0 Å². The summed E-state index contributed by atoms with van der Waals surface area (Å²) in [7, 11) is 1.64. The van der Waals surface area contributed by atoms with Gasteiger partial charge >= 0.3 is 0 Å². The number of fused-ring (bicyclic) bond motifs is 1. The van der Waals surface area contributed by atoms with Crippen molar-refractivity contribution in [3.63, 3.8) is 0 Å². The number of benzene rings is 2. The molecule has 1 saturated heterocycles. The number of hydrogen-bond donors (Lipinski definition) is 1. The number of hydrogen-bond acceptors (Lipinski definition) is 6. The molecule has 26 heavy (non-hydrogen) atoms. The number of methoxy groups -OCH3 is 1. The van der Waals surface area contributed by atoms with Crippen molar-refractivity contribution in [2.24, 2.45) is 5.92 Å². The second-order valence-corrected chi connectivity index (χ2v) is 7.12. The van der Waals surface area contributed by atoms with Crippen LogP contribution in [0.4, 0.5) is 10.8 Å². The van der Waals surface area contributed by atoms with E-state index >= 15 is 0 Å². The van der Waals surface area contributed by atoms with Crippen LogP contribution in [0, 0.1) is 17.2 Å². The zero-order valence-corrected chi connectivity index (χ0v) is 14.9. The quantitative estimate of drug-likeness (QED) is 0.769. The first-order chi connectivity index (χ1) is 12.7. The maximum atomic E-state index is 12.4. The molecule has 0 bridgehead atoms. The zero-order valence-electron chi connectivity index (χ0n) is 14.1. The third kappa shape index (κ3) is 3.07. The van der Waals surface area contributed by atoms with Gasteiger partial charge in [-0.05, 0) is 30.3 Å². The Morgan fingerprint density at radius 1 is 1.35 bits per heavy atom. The van der Waals surface area contributed by atoms with E-state index in [2.05, 4.69) is 21.3 Å². The molecule has 2 heterocycles. The maximum Gasteiger partial charge on any atom is 0.231 e. The molecule has 1 fully saturated rings. The lowest BCUT2D eigenvalue weighted by atomic mass is 10.00. The monoisotopic (exact) mass is 364 g/mol. The number of nitrogens with one attached hydrogen (secondary N) is 1. The third-order valence-corrected chi connectivity index (χ3v) is 5.46. The lowest BCUT2D eigenvalue weighted by Crippen LogP contribution is -2.52. The first-order valence-electron chi connectivity index (χ1n) is 8.17. The molecule has 0 atom stereocenters. The van der Waals surface area contributed by atoms with Crippen molar-refractivity contribution < 1.29 is 9.53 Å². The number of carbonyl (C=O) groups is 1. The van der Waals surface area contributed by atoms with Gasteiger partial charge in [0, 0.05) is 24.8 Å². The second-order valence-electron chi connectivity index (χ2n) is 6.11. The third-order valence-electron chi connectivity index (χ3n) is 4.37. The van der Waals surface area contributed by atoms with Crippen LogP contribution in [-0.4, -0.2) is 31.1 Å². The summed E-state index contributed by atoms with van der Waals surface area (Å²) in [5, 5.41) is 12.7. The molecule has 130 valence electrons. The van der Waals surface area contributed by atoms with Crippen LogP contribution in [0.3, 0.4) is 0 Å². The number of ether oxygens (including phenoxy) is 1. The largest absolute Gasteiger partial charge is 0.497 e. The Morgan fingerprint density at radius 3 is 2.96 bits per heavy atom. The number of aromatic nitrogens is 1. The summed E-state index contributed by atoms with van der Waals surface area (Å²) in [6, 6.07) is 14.8. The van der Waals surface area contributed by atoms with Gasteiger partial charge < -0.3 is 15.0 Å². The minimum Gasteiger partial charge on any atom is -0.497 e. The molecular weight excluding hydrogens is 348 g/mol. The van der Waals surface area contributed by atoms with Crippen molar-refractivity contribution in [1.29, 1.82) is 5.26 Å². The van der Waals surface area contributed by atoms with Crippen LogP contribution >= 0.6 is 11.3 Å². The molecule has 0 unspecified atom stereocenters. The smallest absolute Gasteiger partial charge is 0.231 e. The Hall–Kier alpha value is -3.11. The normalized spacial score (nSPS) is 13.9. The van der Waals surface area contributed by atoms with Crippen LogP contribution in [0.25, 0.3) is 10.2 Å². The summed E-state index contributed by atoms with van der Waals surface area (Å²) in [6.45, 7) is 1.28. The van der Waals surface area contributed by atoms with Gasteiger partial charge in [-0.3, -0.25) is 4.79 Å². The average Bonchev–Trinajstić information content (AvgIpc) is 3.02. The molecule has 0 saturated carbocycles. The lowest BCUT2D eigenvalue weighted by Gasteiger charge is -2.37. The molecule has 1 N–H and O–H groups in total. The fourth-order valence-electron chi connectivity index (χ4n) is 2.87. The lowest BCUT2D eigenvalue weighted by molar-refractivity contribution is -0.120. The zero-order chi connectivity index (χ0) is 18.1. The van der Waals surface area contributed by atoms with Gasteiger partial charge in [0.25, 0.3) is 0 Å². The fraction of sp³-hybridized carbons (Fsp3) is 0.211. The highest BCUT2D eigenvalue weighted by Crippen LogP contribution is 2.34. The van der Waals surface area contributed by atoms with Crippen LogP contribution in [0.2, 0.25) is 0 Å². The van der Waals surface area contributed by atoms with Crippen LogP contribution in [0.1, 0.15) is 5.56 Å². The molecule has 0 spiro atoms. The number of rotatable bonds is 4. The van der Waals surface area contributed by atoms with E-state index < -0.39 is 0 Å². The van der Waals surface area contributed by atoms with Crippen molar-refractivity contribution in [3.05, 3.63) is 48.0 Å². The van der Waals surface area contributed by atoms with E-state index in [-0.39, 0.29) is 11.8 Å². The van der Waals surface area contributed by atoms with Gasteiger partial charge in [0.15, 0.2) is 5.13 Å². The topological polar surface area (TPSA) is 78.2 Å². The molecule has 1 amide bonds. The fourth-order valence-corrected chi connectivity index (χ4v) is 3.83. The molecule has 7 heteroatoms. The van der Waals surface area contributed by atoms with E-state index in [4.69, 9.17) is 10.00 Å². The van der Waals surface area contributed by atoms with Crippen molar-refractivity contribution in [3.8, 4) is 11.8 Å². The highest BCUT2D eigenvalue weighted by atomic mass is 32.1. The van der Waals surface area contributed by atoms with Gasteiger partial charge in [0.1, 0.15) is 5.75 Å². The van der Waals surface area contributed by atoms with Gasteiger partial charge in [-0.2, -0.15) is 5.26 Å². The Balaban J connectivity index is 1.40. The number of nitriles is 1. The molecule has 1 aromatic heterocycles. The Kier molecular flexibility index (Phi) is 4.19. The van der Waals surface area contributed by atoms with Crippen molar-refractivity contribution in [2.75, 3.05) is 30.4 Å². The first kappa shape index (κ1) is 16.4. The predicted octanol–water partition coefficient (Wildman–Crippen LogP) is 3.25. The van der Waals surface area contributed by atoms with E-state index in [0.29, 0.717) is 24.3 Å². The molecule has 1 aliphatic rings. The summed E-state index contributed by atoms with van der Waals surface area (Å²) >= 11 is 1.61. The Bertz CT molecular complexity index is 1020. The minimum atomic E-state index is -0.0812. The summed E-state index contributed by atoms with van der Waals surface area (Å²) in [5.74, 6) is 0.677. The maximum absolute atomic E-state index is 12.4. The van der Waals surface area contributed by atoms with Crippen molar-refractivity contribution >= 4 is 38.3 Å². The van der Waals surface area contributed by atoms with Crippen molar-refractivity contribution in [1.82, 2.24) is 4.98 Å². The minimum absolute atomic E-state index is 0.0286. The average molecular weight is 364 g/mol. The van der Waals surface area contributed by atoms with Gasteiger partial charge in [-0.25, -0.2) is 4.98 Å². The standard InChI is InChI=1S/C19H16N4O2S/c1-25-15-5-6-17-16(8-15)22-19(26-17)23-10-13(11-23)18(24)21-14-4-2-3-12(7-14)9-20/h2-8,13H,10-11H2,1H3,(H,21,24). The molecule has 0 aliphatic carbocycles. The molecule has 6 nitrogen and oxygen atoms in total. The predicted molar refractivity (Wildman–Crippen MR) is 102 cm³/mol. The van der Waals surface area contributed by atoms with E-state index in [1.165, 1.54) is 0 Å². The van der Waals surface area contributed by atoms with E-state index in [1.807, 2.05) is 18.2 Å². The van der Waals surface area contributed by atoms with Gasteiger partial charge in [0.05, 0.1) is 34.9 Å². The number of nitrogens with zero attached hydrogens (tertiary/aromatic N) is 3. The first-order valence-corrected chi connectivity index (χ1v) is 8.98. The highest BCUT2D eigenvalue weighted by molar-refractivity contribution is 7.22. The molecule has 3 aromatic rings. The van der Waals surface area contributed by atoms with Gasteiger partial charge in [-0.1, -0.05) is 17.4 Å². The Morgan fingerprint density at radius 2 is 2.19 bits per heavy atom. The summed E-state index contributed by atoms with van der Waals surface area (Å²) in [6.07, 6.45) is 0. The highest BCUT2D eigenvalue weighted by Gasteiger charge is 2.34. The number of thiazole rings is 1. The molecular formula is C19H16N4O2S. The summed E-state index contributed by atoms with van der Waals surface area (Å²) < 4.78 is 6.33. The molecule has 1 aliphatic heterocycles.